The molecule has 5 nitrogen and oxygen atoms in total. The molecule has 0 spiro atoms. The highest BCUT2D eigenvalue weighted by Crippen LogP contribution is 2.22. The topological polar surface area (TPSA) is 84.6 Å². The summed E-state index contributed by atoms with van der Waals surface area (Å²) >= 11 is 5.86. The van der Waals surface area contributed by atoms with E-state index < -0.39 is 18.1 Å². The van der Waals surface area contributed by atoms with Gasteiger partial charge in [0.15, 0.2) is 0 Å². The van der Waals surface area contributed by atoms with Crippen molar-refractivity contribution in [3.63, 3.8) is 0 Å². The van der Waals surface area contributed by atoms with E-state index in [1.54, 1.807) is 24.3 Å². The van der Waals surface area contributed by atoms with Gasteiger partial charge < -0.3 is 10.8 Å². The first kappa shape index (κ1) is 11.9. The summed E-state index contributed by atoms with van der Waals surface area (Å²) in [5, 5.41) is 9.35. The van der Waals surface area contributed by atoms with Crippen LogP contribution in [0.25, 0.3) is 5.70 Å². The number of nitrogens with two attached hydrogens (primary N) is 1. The standard InChI is InChI=1S/C11H11ClN2O3/c12-7-3-1-2-6(4-7)8-5-9(17-14-8)10(13)11(15)16/h1-5,9-10,14H,13H2,(H,15,16)/t9-,10+/m0/s1. The highest BCUT2D eigenvalue weighted by Gasteiger charge is 2.28. The molecule has 0 amide bonds. The van der Waals surface area contributed by atoms with Gasteiger partial charge >= 0.3 is 5.97 Å². The summed E-state index contributed by atoms with van der Waals surface area (Å²) in [5.41, 5.74) is 9.58. The summed E-state index contributed by atoms with van der Waals surface area (Å²) < 4.78 is 0. The SMILES string of the molecule is N[C@@H](C(=O)O)[C@@H]1C=C(c2cccc(Cl)c2)NO1. The van der Waals surface area contributed by atoms with Crippen molar-refractivity contribution in [1.82, 2.24) is 5.48 Å². The maximum atomic E-state index is 10.7. The van der Waals surface area contributed by atoms with Gasteiger partial charge in [0.2, 0.25) is 0 Å². The molecule has 4 N–H and O–H groups in total. The Labute approximate surface area is 103 Å². The maximum Gasteiger partial charge on any atom is 0.323 e. The zero-order chi connectivity index (χ0) is 12.4. The summed E-state index contributed by atoms with van der Waals surface area (Å²) in [7, 11) is 0. The van der Waals surface area contributed by atoms with E-state index in [0.29, 0.717) is 10.7 Å². The molecule has 1 aliphatic heterocycles. The van der Waals surface area contributed by atoms with Crippen LogP contribution in [0.3, 0.4) is 0 Å². The van der Waals surface area contributed by atoms with E-state index in [2.05, 4.69) is 5.48 Å². The molecule has 0 saturated carbocycles. The quantitative estimate of drug-likeness (QED) is 0.749. The number of aliphatic carboxylic acids is 1. The van der Waals surface area contributed by atoms with Crippen LogP contribution in [0.1, 0.15) is 5.56 Å². The smallest absolute Gasteiger partial charge is 0.323 e. The van der Waals surface area contributed by atoms with Crippen LogP contribution < -0.4 is 11.2 Å². The van der Waals surface area contributed by atoms with Crippen LogP contribution in [0.5, 0.6) is 0 Å². The molecule has 0 aliphatic carbocycles. The second-order valence-corrected chi connectivity index (χ2v) is 4.08. The first-order valence-corrected chi connectivity index (χ1v) is 5.33. The molecule has 90 valence electrons. The highest BCUT2D eigenvalue weighted by atomic mass is 35.5. The molecule has 0 unspecified atom stereocenters. The van der Waals surface area contributed by atoms with Crippen molar-refractivity contribution >= 4 is 23.3 Å². The van der Waals surface area contributed by atoms with Crippen LogP contribution in [0.2, 0.25) is 5.02 Å². The van der Waals surface area contributed by atoms with Gasteiger partial charge in [0.25, 0.3) is 0 Å². The fraction of sp³-hybridized carbons (Fsp3) is 0.182. The van der Waals surface area contributed by atoms with E-state index in [4.69, 9.17) is 27.3 Å². The van der Waals surface area contributed by atoms with Gasteiger partial charge in [-0.1, -0.05) is 23.7 Å². The number of hydrogen-bond donors (Lipinski definition) is 3. The van der Waals surface area contributed by atoms with Gasteiger partial charge in [-0.15, -0.1) is 0 Å². The van der Waals surface area contributed by atoms with Crippen LogP contribution in [-0.4, -0.2) is 23.2 Å². The number of nitrogens with one attached hydrogen (secondary N) is 1. The number of carboxylic acids is 1. The Hall–Kier alpha value is -1.56. The third kappa shape index (κ3) is 2.58. The Bertz CT molecular complexity index is 476. The number of hydroxylamine groups is 1. The summed E-state index contributed by atoms with van der Waals surface area (Å²) in [6.07, 6.45) is 0.936. The van der Waals surface area contributed by atoms with E-state index >= 15 is 0 Å². The number of benzene rings is 1. The lowest BCUT2D eigenvalue weighted by Crippen LogP contribution is -2.41. The van der Waals surface area contributed by atoms with Crippen LogP contribution >= 0.6 is 11.6 Å². The van der Waals surface area contributed by atoms with Gasteiger partial charge in [0.05, 0.1) is 5.70 Å². The Balaban J connectivity index is 2.19. The monoisotopic (exact) mass is 254 g/mol. The summed E-state index contributed by atoms with van der Waals surface area (Å²) in [6, 6.07) is 6.03. The summed E-state index contributed by atoms with van der Waals surface area (Å²) in [5.74, 6) is -1.11. The van der Waals surface area contributed by atoms with Crippen molar-refractivity contribution in [2.24, 2.45) is 5.73 Å². The second-order valence-electron chi connectivity index (χ2n) is 3.64. The molecule has 2 atom stereocenters. The maximum absolute atomic E-state index is 10.7. The van der Waals surface area contributed by atoms with Crippen molar-refractivity contribution < 1.29 is 14.7 Å². The predicted molar refractivity (Wildman–Crippen MR) is 63.0 cm³/mol. The summed E-state index contributed by atoms with van der Waals surface area (Å²) in [4.78, 5) is 15.8. The average molecular weight is 255 g/mol. The Morgan fingerprint density at radius 2 is 2.35 bits per heavy atom. The van der Waals surface area contributed by atoms with Crippen molar-refractivity contribution in [1.29, 1.82) is 0 Å². The minimum absolute atomic E-state index is 0.594. The van der Waals surface area contributed by atoms with Gasteiger partial charge in [0, 0.05) is 10.6 Å². The molecular weight excluding hydrogens is 244 g/mol. The molecule has 1 heterocycles. The lowest BCUT2D eigenvalue weighted by Gasteiger charge is -2.10. The van der Waals surface area contributed by atoms with E-state index in [0.717, 1.165) is 5.56 Å². The van der Waals surface area contributed by atoms with Crippen LogP contribution in [0.15, 0.2) is 30.3 Å². The normalized spacial score (nSPS) is 20.6. The second kappa shape index (κ2) is 4.75. The number of carboxylic acid groups (broad SMARTS) is 1. The molecule has 2 rings (SSSR count). The van der Waals surface area contributed by atoms with E-state index in [1.165, 1.54) is 0 Å². The molecule has 6 heteroatoms. The van der Waals surface area contributed by atoms with Gasteiger partial charge in [-0.2, -0.15) is 0 Å². The largest absolute Gasteiger partial charge is 0.480 e. The average Bonchev–Trinajstić information content (AvgIpc) is 2.77. The van der Waals surface area contributed by atoms with Gasteiger partial charge in [0.1, 0.15) is 12.1 Å². The third-order valence-corrected chi connectivity index (χ3v) is 2.65. The lowest BCUT2D eigenvalue weighted by atomic mass is 10.1. The first-order chi connectivity index (χ1) is 8.08. The zero-order valence-electron chi connectivity index (χ0n) is 8.76. The minimum atomic E-state index is -1.11. The van der Waals surface area contributed by atoms with E-state index in [-0.39, 0.29) is 0 Å². The van der Waals surface area contributed by atoms with Crippen molar-refractivity contribution in [2.45, 2.75) is 12.1 Å². The molecule has 0 radical (unpaired) electrons. The van der Waals surface area contributed by atoms with Crippen molar-refractivity contribution in [3.8, 4) is 0 Å². The van der Waals surface area contributed by atoms with E-state index in [1.807, 2.05) is 6.07 Å². The molecule has 17 heavy (non-hydrogen) atoms. The van der Waals surface area contributed by atoms with E-state index in [9.17, 15) is 4.79 Å². The Morgan fingerprint density at radius 1 is 1.59 bits per heavy atom. The molecular formula is C11H11ClN2O3. The summed E-state index contributed by atoms with van der Waals surface area (Å²) in [6.45, 7) is 0. The minimum Gasteiger partial charge on any atom is -0.480 e. The van der Waals surface area contributed by atoms with Crippen LogP contribution in [-0.2, 0) is 9.63 Å². The number of carbonyl (C=O) groups is 1. The van der Waals surface area contributed by atoms with Gasteiger partial charge in [-0.3, -0.25) is 15.1 Å². The molecule has 0 aromatic heterocycles. The fourth-order valence-electron chi connectivity index (χ4n) is 1.49. The van der Waals surface area contributed by atoms with Gasteiger partial charge in [-0.25, -0.2) is 0 Å². The predicted octanol–water partition coefficient (Wildman–Crippen LogP) is 0.996. The number of hydrogen-bond acceptors (Lipinski definition) is 4. The lowest BCUT2D eigenvalue weighted by molar-refractivity contribution is -0.141. The van der Waals surface area contributed by atoms with Crippen molar-refractivity contribution in [2.75, 3.05) is 0 Å². The number of halogens is 1. The molecule has 0 saturated heterocycles. The molecule has 0 fully saturated rings. The molecule has 0 bridgehead atoms. The van der Waals surface area contributed by atoms with Crippen LogP contribution in [0, 0.1) is 0 Å². The number of rotatable bonds is 3. The van der Waals surface area contributed by atoms with Crippen molar-refractivity contribution in [3.05, 3.63) is 40.9 Å². The van der Waals surface area contributed by atoms with Crippen LogP contribution in [0.4, 0.5) is 0 Å². The zero-order valence-corrected chi connectivity index (χ0v) is 9.52. The molecule has 1 aliphatic rings. The fourth-order valence-corrected chi connectivity index (χ4v) is 1.68. The molecule has 1 aromatic rings. The highest BCUT2D eigenvalue weighted by molar-refractivity contribution is 6.30. The first-order valence-electron chi connectivity index (χ1n) is 4.96. The Kier molecular flexibility index (Phi) is 3.33. The third-order valence-electron chi connectivity index (χ3n) is 2.41. The Morgan fingerprint density at radius 3 is 3.00 bits per heavy atom. The van der Waals surface area contributed by atoms with Gasteiger partial charge in [-0.05, 0) is 18.2 Å². The molecule has 1 aromatic carbocycles.